The smallest absolute Gasteiger partial charge is 0.319 e. The molecule has 5 aromatic carbocycles. The van der Waals surface area contributed by atoms with Gasteiger partial charge in [0.1, 0.15) is 5.69 Å². The first-order valence-electron chi connectivity index (χ1n) is 20.0. The molecule has 1 heterocycles. The van der Waals surface area contributed by atoms with Gasteiger partial charge in [-0.15, -0.1) is 11.8 Å². The van der Waals surface area contributed by atoms with Gasteiger partial charge in [-0.05, 0) is 104 Å². The van der Waals surface area contributed by atoms with E-state index in [1.54, 1.807) is 47.6 Å². The average molecular weight is 901 g/mol. The Balaban J connectivity index is 0.000000235. The highest BCUT2D eigenvalue weighted by atomic mass is 35.5. The van der Waals surface area contributed by atoms with Gasteiger partial charge in [0.05, 0.1) is 4.92 Å². The zero-order chi connectivity index (χ0) is 44.3. The lowest BCUT2D eigenvalue weighted by Gasteiger charge is -2.36. The largest absolute Gasteiger partial charge is 0.376 e. The van der Waals surface area contributed by atoms with Gasteiger partial charge in [-0.2, -0.15) is 8.42 Å². The predicted octanol–water partition coefficient (Wildman–Crippen LogP) is 8.31. The molecule has 326 valence electrons. The second-order valence-corrected chi connectivity index (χ2v) is 16.7. The maximum atomic E-state index is 11.7. The van der Waals surface area contributed by atoms with E-state index >= 15 is 0 Å². The summed E-state index contributed by atoms with van der Waals surface area (Å²) in [7, 11) is -0.763. The molecule has 1 aliphatic rings. The summed E-state index contributed by atoms with van der Waals surface area (Å²) in [6.07, 6.45) is 1.70. The van der Waals surface area contributed by atoms with E-state index in [1.807, 2.05) is 61.6 Å². The van der Waals surface area contributed by atoms with Crippen molar-refractivity contribution in [2.24, 2.45) is 4.36 Å². The molecule has 0 bridgehead atoms. The Bertz CT molecular complexity index is 2360. The molecule has 1 atom stereocenters. The minimum atomic E-state index is -2.74. The fourth-order valence-corrected chi connectivity index (χ4v) is 8.21. The lowest BCUT2D eigenvalue weighted by Crippen LogP contribution is -2.46. The van der Waals surface area contributed by atoms with E-state index in [0.717, 1.165) is 79.2 Å². The molecule has 1 fully saturated rings. The van der Waals surface area contributed by atoms with Crippen LogP contribution in [0, 0.1) is 10.1 Å². The van der Waals surface area contributed by atoms with Gasteiger partial charge < -0.3 is 15.1 Å². The van der Waals surface area contributed by atoms with Crippen LogP contribution in [0.2, 0.25) is 5.02 Å². The van der Waals surface area contributed by atoms with Crippen LogP contribution in [0.25, 0.3) is 11.1 Å². The topological polar surface area (TPSA) is 178 Å². The number of nitro benzene ring substituents is 1. The number of anilines is 2. The molecule has 5 aromatic rings. The number of benzene rings is 5. The maximum absolute atomic E-state index is 11.7. The number of hydrogen-bond donors (Lipinski definition) is 3. The summed E-state index contributed by atoms with van der Waals surface area (Å²) in [5.74, 6) is -0.385. The molecular weight excluding hydrogens is 850 g/mol. The third-order valence-electron chi connectivity index (χ3n) is 10.2. The number of nitrogens with one attached hydrogen (secondary N) is 2. The van der Waals surface area contributed by atoms with Crippen LogP contribution in [0.3, 0.4) is 0 Å². The van der Waals surface area contributed by atoms with Crippen LogP contribution in [0.4, 0.5) is 17.1 Å². The lowest BCUT2D eigenvalue weighted by atomic mass is 9.99. The van der Waals surface area contributed by atoms with Crippen molar-refractivity contribution in [2.45, 2.75) is 36.7 Å². The minimum absolute atomic E-state index is 0.0273. The van der Waals surface area contributed by atoms with E-state index < -0.39 is 22.3 Å². The summed E-state index contributed by atoms with van der Waals surface area (Å²) in [4.78, 5) is 41.8. The molecule has 3 N–H and O–H groups in total. The summed E-state index contributed by atoms with van der Waals surface area (Å²) in [5, 5.41) is 24.0. The van der Waals surface area contributed by atoms with Crippen LogP contribution >= 0.6 is 23.4 Å². The summed E-state index contributed by atoms with van der Waals surface area (Å²) >= 11 is 7.75. The van der Waals surface area contributed by atoms with Gasteiger partial charge in [0.2, 0.25) is 5.91 Å². The van der Waals surface area contributed by atoms with E-state index in [4.69, 9.17) is 16.8 Å². The van der Waals surface area contributed by atoms with Crippen molar-refractivity contribution in [3.63, 3.8) is 0 Å². The predicted molar refractivity (Wildman–Crippen MR) is 245 cm³/mol. The van der Waals surface area contributed by atoms with Gasteiger partial charge in [-0.3, -0.25) is 29.8 Å². The molecule has 2 amide bonds. The second-order valence-electron chi connectivity index (χ2n) is 14.6. The van der Waals surface area contributed by atoms with Crippen LogP contribution in [-0.2, 0) is 21.8 Å². The number of hydroxylamine groups is 1. The molecule has 1 unspecified atom stereocenters. The summed E-state index contributed by atoms with van der Waals surface area (Å²) < 4.78 is 24.2. The van der Waals surface area contributed by atoms with Crippen molar-refractivity contribution in [1.29, 1.82) is 0 Å². The number of carbonyl (C=O) groups is 2. The monoisotopic (exact) mass is 899 g/mol. The number of thioether (sulfide) groups is 1. The third-order valence-corrected chi connectivity index (χ3v) is 11.9. The first-order valence-corrected chi connectivity index (χ1v) is 22.4. The molecule has 1 saturated heterocycles. The van der Waals surface area contributed by atoms with Gasteiger partial charge in [0.25, 0.3) is 11.6 Å². The van der Waals surface area contributed by atoms with Gasteiger partial charge in [-0.1, -0.05) is 82.7 Å². The van der Waals surface area contributed by atoms with Gasteiger partial charge in [0.15, 0.2) is 0 Å². The van der Waals surface area contributed by atoms with E-state index in [9.17, 15) is 28.1 Å². The van der Waals surface area contributed by atoms with Crippen LogP contribution in [0.15, 0.2) is 137 Å². The Morgan fingerprint density at radius 1 is 0.887 bits per heavy atom. The Labute approximate surface area is 372 Å². The Morgan fingerprint density at radius 2 is 1.55 bits per heavy atom. The van der Waals surface area contributed by atoms with Crippen LogP contribution < -0.4 is 15.7 Å². The normalized spacial score (nSPS) is 13.1. The molecule has 17 heteroatoms. The number of para-hydroxylation sites is 2. The summed E-state index contributed by atoms with van der Waals surface area (Å²) in [5.41, 5.74) is 7.15. The van der Waals surface area contributed by atoms with Crippen LogP contribution in [0.5, 0.6) is 0 Å². The number of hydrogen-bond acceptors (Lipinski definition) is 12. The lowest BCUT2D eigenvalue weighted by molar-refractivity contribution is -0.384. The van der Waals surface area contributed by atoms with Gasteiger partial charge in [0, 0.05) is 78.2 Å². The van der Waals surface area contributed by atoms with Crippen molar-refractivity contribution < 1.29 is 28.1 Å². The highest BCUT2D eigenvalue weighted by Crippen LogP contribution is 2.29. The Morgan fingerprint density at radius 3 is 2.23 bits per heavy atom. The van der Waals surface area contributed by atoms with E-state index in [2.05, 4.69) is 60.8 Å². The van der Waals surface area contributed by atoms with Crippen molar-refractivity contribution in [3.05, 3.63) is 154 Å². The maximum Gasteiger partial charge on any atom is 0.319 e. The number of nitrogens with zero attached hydrogens (tertiary/aromatic N) is 5. The second kappa shape index (κ2) is 24.7. The van der Waals surface area contributed by atoms with Crippen LogP contribution in [0.1, 0.15) is 35.2 Å². The molecular formula is C45H50ClN7O7S2. The van der Waals surface area contributed by atoms with Crippen molar-refractivity contribution in [1.82, 2.24) is 15.3 Å². The first-order chi connectivity index (χ1) is 30.0. The average Bonchev–Trinajstić information content (AvgIpc) is 3.28. The molecule has 0 aromatic heterocycles. The number of amides is 2. The van der Waals surface area contributed by atoms with E-state index in [-0.39, 0.29) is 28.6 Å². The van der Waals surface area contributed by atoms with Crippen LogP contribution in [-0.4, -0.2) is 98.3 Å². The summed E-state index contributed by atoms with van der Waals surface area (Å²) in [6.45, 7) is 5.93. The molecule has 0 spiro atoms. The van der Waals surface area contributed by atoms with Gasteiger partial charge in [-0.25, -0.2) is 5.48 Å². The van der Waals surface area contributed by atoms with Crippen molar-refractivity contribution in [2.75, 3.05) is 62.3 Å². The molecule has 0 radical (unpaired) electrons. The SMILES string of the molecule is CN(CCCC(=O)NO)CCC(CSc1ccccc1)Nc1ccccc1[N+](=O)[O-].O=C(N=S(=O)=O)c1ccc(N2CCN(Cc3ccccc3-c3ccc(Cl)cc3)CC2)cc1. The molecule has 1 aliphatic heterocycles. The van der Waals surface area contributed by atoms with E-state index in [0.29, 0.717) is 12.1 Å². The molecule has 14 nitrogen and oxygen atoms in total. The number of halogens is 1. The Hall–Kier alpha value is -5.62. The minimum Gasteiger partial charge on any atom is -0.376 e. The quantitative estimate of drug-likeness (QED) is 0.0332. The molecule has 0 saturated carbocycles. The number of carbonyl (C=O) groups excluding carboxylic acids is 2. The van der Waals surface area contributed by atoms with Crippen molar-refractivity contribution in [3.8, 4) is 11.1 Å². The van der Waals surface area contributed by atoms with E-state index in [1.165, 1.54) is 17.2 Å². The zero-order valence-electron chi connectivity index (χ0n) is 34.3. The fraction of sp³-hybridized carbons (Fsp3) is 0.289. The molecule has 62 heavy (non-hydrogen) atoms. The first kappa shape index (κ1) is 47.4. The highest BCUT2D eigenvalue weighted by Gasteiger charge is 2.20. The molecule has 6 rings (SSSR count). The fourth-order valence-electron chi connectivity index (χ4n) is 6.85. The van der Waals surface area contributed by atoms with Gasteiger partial charge >= 0.3 is 10.5 Å². The number of piperazine rings is 1. The Kier molecular flexibility index (Phi) is 18.9. The number of rotatable bonds is 18. The molecule has 0 aliphatic carbocycles. The highest BCUT2D eigenvalue weighted by molar-refractivity contribution is 7.99. The zero-order valence-corrected chi connectivity index (χ0v) is 36.7. The summed E-state index contributed by atoms with van der Waals surface area (Å²) in [6, 6.07) is 40.0. The van der Waals surface area contributed by atoms with Crippen molar-refractivity contribution >= 4 is 62.7 Å². The standard InChI is InChI=1S/C24H22ClN3O3S.C21H28N4O4S/c25-21-9-5-18(6-10-21)23-4-2-1-3-20(23)17-27-13-15-28(16-14-27)22-11-7-19(8-12-22)24(29)26-32(30)31;1-24(14-7-12-21(26)23-27)15-13-17(16-30-18-8-3-2-4-9-18)22-19-10-5-6-11-20(19)25(28)29/h1-12H,13-17H2;2-6,8-11,17,22,27H,7,12-16H2,1H3,(H,23,26). The third kappa shape index (κ3) is 15.4. The number of nitro groups is 1.